The van der Waals surface area contributed by atoms with E-state index in [1.165, 1.54) is 5.56 Å². The van der Waals surface area contributed by atoms with Crippen molar-refractivity contribution in [3.63, 3.8) is 0 Å². The quantitative estimate of drug-likeness (QED) is 0.590. The first-order valence-electron chi connectivity index (χ1n) is 8.30. The van der Waals surface area contributed by atoms with E-state index < -0.39 is 0 Å². The summed E-state index contributed by atoms with van der Waals surface area (Å²) in [6, 6.07) is 20.6. The van der Waals surface area contributed by atoms with Gasteiger partial charge in [0.1, 0.15) is 5.82 Å². The van der Waals surface area contributed by atoms with Crippen molar-refractivity contribution < 1.29 is 0 Å². The van der Waals surface area contributed by atoms with E-state index in [0.717, 1.165) is 21.5 Å². The summed E-state index contributed by atoms with van der Waals surface area (Å²) in [6.07, 6.45) is 0. The summed E-state index contributed by atoms with van der Waals surface area (Å²) in [5.74, 6) is 1.43. The van der Waals surface area contributed by atoms with Gasteiger partial charge >= 0.3 is 0 Å². The molecule has 0 fully saturated rings. The van der Waals surface area contributed by atoms with E-state index in [1.54, 1.807) is 0 Å². The first kappa shape index (κ1) is 17.4. The van der Waals surface area contributed by atoms with E-state index in [9.17, 15) is 0 Å². The average Bonchev–Trinajstić information content (AvgIpc) is 2.61. The van der Waals surface area contributed by atoms with Crippen molar-refractivity contribution in [2.45, 2.75) is 26.4 Å². The van der Waals surface area contributed by atoms with Gasteiger partial charge in [-0.25, -0.2) is 4.98 Å². The van der Waals surface area contributed by atoms with Gasteiger partial charge in [0.25, 0.3) is 0 Å². The minimum Gasteiger partial charge on any atom is -0.366 e. The highest BCUT2D eigenvalue weighted by atomic mass is 79.9. The molecule has 1 heterocycles. The van der Waals surface area contributed by atoms with Crippen LogP contribution in [-0.4, -0.2) is 16.0 Å². The predicted molar refractivity (Wildman–Crippen MR) is 108 cm³/mol. The Morgan fingerprint density at radius 3 is 2.40 bits per heavy atom. The summed E-state index contributed by atoms with van der Waals surface area (Å²) in [6.45, 7) is 4.84. The van der Waals surface area contributed by atoms with Gasteiger partial charge in [-0.05, 0) is 25.5 Å². The molecule has 3 aromatic rings. The standard InChI is InChI=1S/C20H21BrN4/c1-14(2)23-20-24-18(15-8-4-3-5-9-15)12-19(25-20)22-13-16-10-6-7-11-17(16)21/h3-12,14H,13H2,1-2H3,(H2,22,23,24,25). The molecule has 0 spiro atoms. The van der Waals surface area contributed by atoms with Gasteiger partial charge in [0.2, 0.25) is 5.95 Å². The van der Waals surface area contributed by atoms with Crippen LogP contribution >= 0.6 is 15.9 Å². The molecule has 0 aliphatic rings. The molecule has 0 aliphatic carbocycles. The molecular weight excluding hydrogens is 376 g/mol. The number of nitrogens with one attached hydrogen (secondary N) is 2. The maximum atomic E-state index is 4.64. The molecule has 25 heavy (non-hydrogen) atoms. The van der Waals surface area contributed by atoms with E-state index in [4.69, 9.17) is 0 Å². The summed E-state index contributed by atoms with van der Waals surface area (Å²) in [7, 11) is 0. The molecule has 128 valence electrons. The molecule has 2 N–H and O–H groups in total. The monoisotopic (exact) mass is 396 g/mol. The van der Waals surface area contributed by atoms with Crippen LogP contribution in [0.2, 0.25) is 0 Å². The molecule has 5 heteroatoms. The van der Waals surface area contributed by atoms with Crippen molar-refractivity contribution in [2.24, 2.45) is 0 Å². The summed E-state index contributed by atoms with van der Waals surface area (Å²) in [5.41, 5.74) is 3.15. The van der Waals surface area contributed by atoms with Crippen molar-refractivity contribution in [2.75, 3.05) is 10.6 Å². The minimum absolute atomic E-state index is 0.266. The number of halogens is 1. The number of rotatable bonds is 6. The number of aromatic nitrogens is 2. The van der Waals surface area contributed by atoms with E-state index in [2.05, 4.69) is 68.6 Å². The molecule has 1 aromatic heterocycles. The molecule has 0 atom stereocenters. The first-order valence-corrected chi connectivity index (χ1v) is 9.09. The Kier molecular flexibility index (Phi) is 5.66. The van der Waals surface area contributed by atoms with Crippen LogP contribution in [0.4, 0.5) is 11.8 Å². The van der Waals surface area contributed by atoms with Gasteiger partial charge in [0.15, 0.2) is 0 Å². The van der Waals surface area contributed by atoms with Gasteiger partial charge in [0.05, 0.1) is 5.69 Å². The van der Waals surface area contributed by atoms with Gasteiger partial charge in [-0.3, -0.25) is 0 Å². The van der Waals surface area contributed by atoms with Crippen LogP contribution in [0.15, 0.2) is 65.1 Å². The van der Waals surface area contributed by atoms with Crippen molar-refractivity contribution in [1.82, 2.24) is 9.97 Å². The lowest BCUT2D eigenvalue weighted by Crippen LogP contribution is -2.14. The second-order valence-corrected chi connectivity index (χ2v) is 6.93. The zero-order valence-corrected chi connectivity index (χ0v) is 15.9. The van der Waals surface area contributed by atoms with Gasteiger partial charge in [-0.2, -0.15) is 4.98 Å². The predicted octanol–water partition coefficient (Wildman–Crippen LogP) is 5.34. The second-order valence-electron chi connectivity index (χ2n) is 6.07. The molecule has 0 unspecified atom stereocenters. The van der Waals surface area contributed by atoms with E-state index in [-0.39, 0.29) is 6.04 Å². The molecule has 0 radical (unpaired) electrons. The van der Waals surface area contributed by atoms with Crippen LogP contribution in [0.1, 0.15) is 19.4 Å². The summed E-state index contributed by atoms with van der Waals surface area (Å²) < 4.78 is 1.08. The summed E-state index contributed by atoms with van der Waals surface area (Å²) in [5, 5.41) is 6.70. The smallest absolute Gasteiger partial charge is 0.225 e. The second kappa shape index (κ2) is 8.12. The van der Waals surface area contributed by atoms with Crippen molar-refractivity contribution >= 4 is 27.7 Å². The van der Waals surface area contributed by atoms with Crippen LogP contribution in [0.3, 0.4) is 0 Å². The maximum absolute atomic E-state index is 4.64. The van der Waals surface area contributed by atoms with Crippen LogP contribution in [-0.2, 0) is 6.54 Å². The Labute approximate surface area is 156 Å². The Morgan fingerprint density at radius 2 is 1.68 bits per heavy atom. The highest BCUT2D eigenvalue weighted by Crippen LogP contribution is 2.23. The lowest BCUT2D eigenvalue weighted by molar-refractivity contribution is 0.874. The van der Waals surface area contributed by atoms with E-state index >= 15 is 0 Å². The van der Waals surface area contributed by atoms with Crippen molar-refractivity contribution in [1.29, 1.82) is 0 Å². The van der Waals surface area contributed by atoms with E-state index in [1.807, 2.05) is 42.5 Å². The minimum atomic E-state index is 0.266. The molecule has 0 bridgehead atoms. The topological polar surface area (TPSA) is 49.8 Å². The van der Waals surface area contributed by atoms with Crippen LogP contribution in [0.25, 0.3) is 11.3 Å². The third kappa shape index (κ3) is 4.79. The number of hydrogen-bond donors (Lipinski definition) is 2. The molecule has 2 aromatic carbocycles. The largest absolute Gasteiger partial charge is 0.366 e. The fraction of sp³-hybridized carbons (Fsp3) is 0.200. The Hall–Kier alpha value is -2.40. The Balaban J connectivity index is 1.88. The molecule has 3 rings (SSSR count). The third-order valence-corrected chi connectivity index (χ3v) is 4.40. The lowest BCUT2D eigenvalue weighted by atomic mass is 10.1. The van der Waals surface area contributed by atoms with Gasteiger partial charge in [-0.1, -0.05) is 64.5 Å². The zero-order valence-electron chi connectivity index (χ0n) is 14.3. The molecular formula is C20H21BrN4. The summed E-state index contributed by atoms with van der Waals surface area (Å²) >= 11 is 3.58. The number of anilines is 2. The average molecular weight is 397 g/mol. The number of benzene rings is 2. The fourth-order valence-electron chi connectivity index (χ4n) is 2.44. The zero-order chi connectivity index (χ0) is 17.6. The number of nitrogens with zero attached hydrogens (tertiary/aromatic N) is 2. The summed E-state index contributed by atoms with van der Waals surface area (Å²) in [4.78, 5) is 9.24. The van der Waals surface area contributed by atoms with Crippen LogP contribution < -0.4 is 10.6 Å². The third-order valence-electron chi connectivity index (χ3n) is 3.63. The van der Waals surface area contributed by atoms with Gasteiger partial charge < -0.3 is 10.6 Å². The Morgan fingerprint density at radius 1 is 0.960 bits per heavy atom. The van der Waals surface area contributed by atoms with Crippen molar-refractivity contribution in [3.8, 4) is 11.3 Å². The lowest BCUT2D eigenvalue weighted by Gasteiger charge is -2.13. The van der Waals surface area contributed by atoms with Crippen molar-refractivity contribution in [3.05, 3.63) is 70.7 Å². The van der Waals surface area contributed by atoms with Crippen LogP contribution in [0, 0.1) is 0 Å². The highest BCUT2D eigenvalue weighted by Gasteiger charge is 2.08. The highest BCUT2D eigenvalue weighted by molar-refractivity contribution is 9.10. The molecule has 0 aliphatic heterocycles. The Bertz CT molecular complexity index is 834. The molecule has 4 nitrogen and oxygen atoms in total. The van der Waals surface area contributed by atoms with Crippen LogP contribution in [0.5, 0.6) is 0 Å². The number of hydrogen-bond acceptors (Lipinski definition) is 4. The SMILES string of the molecule is CC(C)Nc1nc(NCc2ccccc2Br)cc(-c2ccccc2)n1. The fourth-order valence-corrected chi connectivity index (χ4v) is 2.87. The maximum Gasteiger partial charge on any atom is 0.225 e. The molecule has 0 saturated carbocycles. The normalized spacial score (nSPS) is 10.7. The van der Waals surface area contributed by atoms with Gasteiger partial charge in [0, 0.05) is 28.7 Å². The van der Waals surface area contributed by atoms with Gasteiger partial charge in [-0.15, -0.1) is 0 Å². The molecule has 0 amide bonds. The first-order chi connectivity index (χ1) is 12.1. The van der Waals surface area contributed by atoms with E-state index in [0.29, 0.717) is 12.5 Å². The molecule has 0 saturated heterocycles.